The molecule has 1 N–H and O–H groups in total. The van der Waals surface area contributed by atoms with Gasteiger partial charge in [-0.15, -0.1) is 0 Å². The zero-order valence-corrected chi connectivity index (χ0v) is 9.87. The van der Waals surface area contributed by atoms with Crippen LogP contribution in [-0.2, 0) is 4.74 Å². The number of hydrogen-bond donors (Lipinski definition) is 1. The Morgan fingerprint density at radius 3 is 2.73 bits per heavy atom. The van der Waals surface area contributed by atoms with Crippen molar-refractivity contribution in [3.05, 3.63) is 0 Å². The molecule has 1 saturated carbocycles. The predicted octanol–water partition coefficient (Wildman–Crippen LogP) is 1.10. The maximum Gasteiger partial charge on any atom is 0.0594 e. The number of nitrogens with one attached hydrogen (secondary N) is 1. The second-order valence-electron chi connectivity index (χ2n) is 4.89. The molecule has 0 spiro atoms. The SMILES string of the molecule is CC(NCCCN1CCOCC1)C1CC1. The zero-order valence-electron chi connectivity index (χ0n) is 9.87. The van der Waals surface area contributed by atoms with Gasteiger partial charge in [0, 0.05) is 19.1 Å². The van der Waals surface area contributed by atoms with Gasteiger partial charge in [0.15, 0.2) is 0 Å². The highest BCUT2D eigenvalue weighted by Gasteiger charge is 2.27. The van der Waals surface area contributed by atoms with E-state index in [9.17, 15) is 0 Å². The van der Waals surface area contributed by atoms with Gasteiger partial charge in [-0.1, -0.05) is 0 Å². The van der Waals surface area contributed by atoms with Gasteiger partial charge >= 0.3 is 0 Å². The summed E-state index contributed by atoms with van der Waals surface area (Å²) >= 11 is 0. The molecule has 0 aromatic carbocycles. The zero-order chi connectivity index (χ0) is 10.5. The predicted molar refractivity (Wildman–Crippen MR) is 62.1 cm³/mol. The summed E-state index contributed by atoms with van der Waals surface area (Å²) in [6.45, 7) is 8.82. The molecule has 0 aromatic heterocycles. The summed E-state index contributed by atoms with van der Waals surface area (Å²) in [7, 11) is 0. The minimum atomic E-state index is 0.745. The molecular weight excluding hydrogens is 188 g/mol. The molecule has 3 nitrogen and oxygen atoms in total. The van der Waals surface area contributed by atoms with E-state index in [1.807, 2.05) is 0 Å². The topological polar surface area (TPSA) is 24.5 Å². The Balaban J connectivity index is 1.46. The van der Waals surface area contributed by atoms with Gasteiger partial charge in [-0.25, -0.2) is 0 Å². The van der Waals surface area contributed by atoms with Crippen molar-refractivity contribution < 1.29 is 4.74 Å². The molecule has 1 unspecified atom stereocenters. The maximum absolute atomic E-state index is 5.33. The molecule has 0 radical (unpaired) electrons. The lowest BCUT2D eigenvalue weighted by Crippen LogP contribution is -2.38. The van der Waals surface area contributed by atoms with Crippen LogP contribution in [-0.4, -0.2) is 50.3 Å². The van der Waals surface area contributed by atoms with Crippen molar-refractivity contribution in [3.8, 4) is 0 Å². The molecule has 2 aliphatic rings. The fraction of sp³-hybridized carbons (Fsp3) is 1.00. The molecule has 1 aliphatic carbocycles. The molecule has 88 valence electrons. The van der Waals surface area contributed by atoms with Gasteiger partial charge in [0.2, 0.25) is 0 Å². The molecule has 2 fully saturated rings. The van der Waals surface area contributed by atoms with Crippen LogP contribution in [0.3, 0.4) is 0 Å². The fourth-order valence-corrected chi connectivity index (χ4v) is 2.22. The van der Waals surface area contributed by atoms with Gasteiger partial charge in [-0.2, -0.15) is 0 Å². The number of rotatable bonds is 6. The number of nitrogens with zero attached hydrogens (tertiary/aromatic N) is 1. The van der Waals surface area contributed by atoms with Crippen molar-refractivity contribution in [1.82, 2.24) is 10.2 Å². The molecule has 1 aliphatic heterocycles. The van der Waals surface area contributed by atoms with Crippen LogP contribution >= 0.6 is 0 Å². The Hall–Kier alpha value is -0.120. The standard InChI is InChI=1S/C12H24N2O/c1-11(12-3-4-12)13-5-2-6-14-7-9-15-10-8-14/h11-13H,2-10H2,1H3. The summed E-state index contributed by atoms with van der Waals surface area (Å²) in [5, 5.41) is 3.63. The van der Waals surface area contributed by atoms with Crippen molar-refractivity contribution in [1.29, 1.82) is 0 Å². The molecule has 1 saturated heterocycles. The van der Waals surface area contributed by atoms with E-state index in [2.05, 4.69) is 17.1 Å². The Morgan fingerprint density at radius 2 is 2.07 bits per heavy atom. The van der Waals surface area contributed by atoms with Crippen LogP contribution in [0.15, 0.2) is 0 Å². The quantitative estimate of drug-likeness (QED) is 0.667. The molecule has 1 heterocycles. The molecule has 0 bridgehead atoms. The normalized spacial score (nSPS) is 25.4. The van der Waals surface area contributed by atoms with Gasteiger partial charge in [-0.3, -0.25) is 4.90 Å². The molecule has 15 heavy (non-hydrogen) atoms. The van der Waals surface area contributed by atoms with Crippen LogP contribution in [0, 0.1) is 5.92 Å². The van der Waals surface area contributed by atoms with Crippen LogP contribution in [0.5, 0.6) is 0 Å². The van der Waals surface area contributed by atoms with Crippen molar-refractivity contribution in [2.45, 2.75) is 32.2 Å². The van der Waals surface area contributed by atoms with Crippen LogP contribution in [0.25, 0.3) is 0 Å². The first-order chi connectivity index (χ1) is 7.36. The minimum absolute atomic E-state index is 0.745. The maximum atomic E-state index is 5.33. The first-order valence-corrected chi connectivity index (χ1v) is 6.40. The first kappa shape index (κ1) is 11.4. The van der Waals surface area contributed by atoms with Crippen LogP contribution in [0.1, 0.15) is 26.2 Å². The summed E-state index contributed by atoms with van der Waals surface area (Å²) < 4.78 is 5.33. The van der Waals surface area contributed by atoms with E-state index >= 15 is 0 Å². The average Bonchev–Trinajstić information content (AvgIpc) is 3.09. The first-order valence-electron chi connectivity index (χ1n) is 6.40. The Kier molecular flexibility index (Phi) is 4.42. The third kappa shape index (κ3) is 4.09. The molecule has 3 heteroatoms. The lowest BCUT2D eigenvalue weighted by atomic mass is 10.2. The molecule has 0 amide bonds. The summed E-state index contributed by atoms with van der Waals surface area (Å²) in [6.07, 6.45) is 4.16. The van der Waals surface area contributed by atoms with E-state index in [-0.39, 0.29) is 0 Å². The number of ether oxygens (including phenoxy) is 1. The van der Waals surface area contributed by atoms with E-state index in [0.29, 0.717) is 0 Å². The smallest absolute Gasteiger partial charge is 0.0594 e. The largest absolute Gasteiger partial charge is 0.379 e. The van der Waals surface area contributed by atoms with Crippen molar-refractivity contribution in [3.63, 3.8) is 0 Å². The van der Waals surface area contributed by atoms with E-state index in [4.69, 9.17) is 4.74 Å². The molecule has 1 atom stereocenters. The van der Waals surface area contributed by atoms with Crippen LogP contribution in [0.2, 0.25) is 0 Å². The van der Waals surface area contributed by atoms with Gasteiger partial charge in [0.25, 0.3) is 0 Å². The van der Waals surface area contributed by atoms with Crippen molar-refractivity contribution >= 4 is 0 Å². The Bertz CT molecular complexity index is 176. The fourth-order valence-electron chi connectivity index (χ4n) is 2.22. The van der Waals surface area contributed by atoms with Crippen molar-refractivity contribution in [2.75, 3.05) is 39.4 Å². The number of hydrogen-bond acceptors (Lipinski definition) is 3. The van der Waals surface area contributed by atoms with Crippen molar-refractivity contribution in [2.24, 2.45) is 5.92 Å². The van der Waals surface area contributed by atoms with E-state index in [1.165, 1.54) is 32.4 Å². The molecule has 0 aromatic rings. The average molecular weight is 212 g/mol. The summed E-state index contributed by atoms with van der Waals surface area (Å²) in [5.74, 6) is 0.980. The Labute approximate surface area is 93.2 Å². The summed E-state index contributed by atoms with van der Waals surface area (Å²) in [4.78, 5) is 2.51. The van der Waals surface area contributed by atoms with Crippen LogP contribution < -0.4 is 5.32 Å². The van der Waals surface area contributed by atoms with E-state index in [1.54, 1.807) is 0 Å². The van der Waals surface area contributed by atoms with Crippen LogP contribution in [0.4, 0.5) is 0 Å². The summed E-state index contributed by atoms with van der Waals surface area (Å²) in [5.41, 5.74) is 0. The highest BCUT2D eigenvalue weighted by Crippen LogP contribution is 2.32. The monoisotopic (exact) mass is 212 g/mol. The Morgan fingerprint density at radius 1 is 1.33 bits per heavy atom. The minimum Gasteiger partial charge on any atom is -0.379 e. The van der Waals surface area contributed by atoms with Gasteiger partial charge in [0.05, 0.1) is 13.2 Å². The van der Waals surface area contributed by atoms with Gasteiger partial charge < -0.3 is 10.1 Å². The highest BCUT2D eigenvalue weighted by atomic mass is 16.5. The van der Waals surface area contributed by atoms with E-state index < -0.39 is 0 Å². The van der Waals surface area contributed by atoms with Gasteiger partial charge in [0.1, 0.15) is 0 Å². The molecule has 2 rings (SSSR count). The third-order valence-corrected chi connectivity index (χ3v) is 3.55. The summed E-state index contributed by atoms with van der Waals surface area (Å²) in [6, 6.07) is 0.745. The van der Waals surface area contributed by atoms with E-state index in [0.717, 1.165) is 38.3 Å². The second kappa shape index (κ2) is 5.83. The number of morpholine rings is 1. The second-order valence-corrected chi connectivity index (χ2v) is 4.89. The third-order valence-electron chi connectivity index (χ3n) is 3.55. The molecular formula is C12H24N2O. The lowest BCUT2D eigenvalue weighted by Gasteiger charge is -2.26. The lowest BCUT2D eigenvalue weighted by molar-refractivity contribution is 0.0374. The van der Waals surface area contributed by atoms with Gasteiger partial charge in [-0.05, 0) is 45.2 Å². The highest BCUT2D eigenvalue weighted by molar-refractivity contribution is 4.83.